The Morgan fingerprint density at radius 1 is 0.895 bits per heavy atom. The molecule has 0 unspecified atom stereocenters. The number of hydrogen-bond donors (Lipinski definition) is 0. The molecule has 3 rings (SSSR count). The number of benzene rings is 2. The fourth-order valence-corrected chi connectivity index (χ4v) is 11.0. The third kappa shape index (κ3) is 8.86. The van der Waals surface area contributed by atoms with Crippen molar-refractivity contribution in [2.75, 3.05) is 0 Å². The molecule has 2 atom stereocenters. The van der Waals surface area contributed by atoms with E-state index in [9.17, 15) is 9.59 Å². The molecule has 3 nitrogen and oxygen atoms in total. The monoisotopic (exact) mass is 561 g/mol. The van der Waals surface area contributed by atoms with Crippen molar-refractivity contribution in [3.63, 3.8) is 0 Å². The van der Waals surface area contributed by atoms with Crippen LogP contribution >= 0.6 is 7.92 Å². The maximum atomic E-state index is 13.9. The van der Waals surface area contributed by atoms with Crippen molar-refractivity contribution < 1.29 is 14.3 Å². The van der Waals surface area contributed by atoms with Gasteiger partial charge in [0.2, 0.25) is 0 Å². The van der Waals surface area contributed by atoms with Gasteiger partial charge in [0.15, 0.2) is 0 Å². The zero-order chi connectivity index (χ0) is 27.9. The summed E-state index contributed by atoms with van der Waals surface area (Å²) in [4.78, 5) is 25.7. The summed E-state index contributed by atoms with van der Waals surface area (Å²) in [5.74, 6) is 0.236. The van der Waals surface area contributed by atoms with Gasteiger partial charge < -0.3 is 9.53 Å². The van der Waals surface area contributed by atoms with Gasteiger partial charge in [-0.3, -0.25) is 4.79 Å². The highest BCUT2D eigenvalue weighted by Gasteiger charge is 2.44. The van der Waals surface area contributed by atoms with E-state index >= 15 is 0 Å². The van der Waals surface area contributed by atoms with Crippen LogP contribution in [0.5, 0.6) is 0 Å². The molecule has 0 saturated heterocycles. The average molecular weight is 562 g/mol. The lowest BCUT2D eigenvalue weighted by molar-refractivity contribution is -0.146. The molecule has 0 heterocycles. The minimum absolute atomic E-state index is 0.0462. The second-order valence-electron chi connectivity index (χ2n) is 12.5. The van der Waals surface area contributed by atoms with Crippen molar-refractivity contribution in [1.29, 1.82) is 0 Å². The Morgan fingerprint density at radius 3 is 1.92 bits per heavy atom. The van der Waals surface area contributed by atoms with Crippen molar-refractivity contribution in [3.8, 4) is 0 Å². The van der Waals surface area contributed by atoms with Crippen LogP contribution in [0.4, 0.5) is 0 Å². The molecule has 38 heavy (non-hydrogen) atoms. The molecule has 5 radical (unpaired) electrons. The molecule has 201 valence electrons. The molecule has 0 N–H and O–H groups in total. The molecule has 0 aliphatic heterocycles. The fraction of sp³-hybridized carbons (Fsp3) is 0.344. The van der Waals surface area contributed by atoms with E-state index in [2.05, 4.69) is 76.5 Å². The number of carbonyl (C=O) groups excluding carboxylic acids is 2. The van der Waals surface area contributed by atoms with Crippen molar-refractivity contribution in [2.24, 2.45) is 5.92 Å². The van der Waals surface area contributed by atoms with Crippen LogP contribution < -0.4 is 10.6 Å². The molecule has 1 aliphatic carbocycles. The van der Waals surface area contributed by atoms with E-state index in [0.29, 0.717) is 12.3 Å². The van der Waals surface area contributed by atoms with Crippen LogP contribution in [0.25, 0.3) is 0 Å². The van der Waals surface area contributed by atoms with Gasteiger partial charge in [-0.1, -0.05) is 113 Å². The number of ether oxygens (including phenoxy) is 1. The molecule has 1 saturated carbocycles. The Kier molecular flexibility index (Phi) is 10.9. The van der Waals surface area contributed by atoms with Crippen LogP contribution in [-0.4, -0.2) is 34.5 Å². The zero-order valence-corrected chi connectivity index (χ0v) is 26.6. The summed E-state index contributed by atoms with van der Waals surface area (Å²) in [6.07, 6.45) is 6.77. The van der Waals surface area contributed by atoms with E-state index in [1.54, 1.807) is 0 Å². The van der Waals surface area contributed by atoms with Crippen molar-refractivity contribution in [2.45, 2.75) is 63.9 Å². The molecular formula is C32H42O3PSi2. The minimum atomic E-state index is -1.54. The first kappa shape index (κ1) is 30.7. The summed E-state index contributed by atoms with van der Waals surface area (Å²) in [5, 5.41) is 2.37. The highest BCUT2D eigenvalue weighted by atomic mass is 31.1. The molecule has 0 bridgehead atoms. The van der Waals surface area contributed by atoms with Crippen LogP contribution in [0.3, 0.4) is 0 Å². The predicted octanol–water partition coefficient (Wildman–Crippen LogP) is 7.20. The van der Waals surface area contributed by atoms with Gasteiger partial charge in [-0.15, -0.1) is 0 Å². The second-order valence-corrected chi connectivity index (χ2v) is 25.7. The van der Waals surface area contributed by atoms with Gasteiger partial charge in [0.05, 0.1) is 0 Å². The Hall–Kier alpha value is -1.82. The van der Waals surface area contributed by atoms with Gasteiger partial charge in [0, 0.05) is 34.1 Å². The Balaban J connectivity index is 1.93. The van der Waals surface area contributed by atoms with Gasteiger partial charge in [0.25, 0.3) is 0 Å². The molecule has 6 heteroatoms. The summed E-state index contributed by atoms with van der Waals surface area (Å²) in [6.45, 7) is 18.2. The lowest BCUT2D eigenvalue weighted by Gasteiger charge is -2.35. The van der Waals surface area contributed by atoms with Gasteiger partial charge in [-0.2, -0.15) is 0 Å². The smallest absolute Gasteiger partial charge is 0.315 e. The van der Waals surface area contributed by atoms with E-state index in [0.717, 1.165) is 29.6 Å². The maximum Gasteiger partial charge on any atom is 0.315 e. The number of rotatable bonds is 13. The van der Waals surface area contributed by atoms with Gasteiger partial charge in [-0.25, -0.2) is 0 Å². The zero-order valence-electron chi connectivity index (χ0n) is 23.7. The second kappa shape index (κ2) is 13.5. The van der Waals surface area contributed by atoms with Gasteiger partial charge >= 0.3 is 5.97 Å². The molecule has 2 aromatic carbocycles. The lowest BCUT2D eigenvalue weighted by Crippen LogP contribution is -2.38. The van der Waals surface area contributed by atoms with E-state index in [1.807, 2.05) is 49.2 Å². The largest absolute Gasteiger partial charge is 0.457 e. The summed E-state index contributed by atoms with van der Waals surface area (Å²) in [6, 6.07) is 22.5. The first-order valence-corrected chi connectivity index (χ1v) is 22.1. The summed E-state index contributed by atoms with van der Waals surface area (Å²) in [7, 11) is -3.98. The molecular weight excluding hydrogens is 519 g/mol. The first-order chi connectivity index (χ1) is 17.9. The molecule has 2 aromatic rings. The minimum Gasteiger partial charge on any atom is -0.457 e. The van der Waals surface area contributed by atoms with E-state index in [1.165, 1.54) is 10.6 Å². The lowest BCUT2D eigenvalue weighted by atomic mass is 9.95. The third-order valence-electron chi connectivity index (χ3n) is 6.38. The summed E-state index contributed by atoms with van der Waals surface area (Å²) < 4.78 is 6.38. The Morgan fingerprint density at radius 2 is 1.45 bits per heavy atom. The van der Waals surface area contributed by atoms with Crippen LogP contribution in [0.1, 0.15) is 6.42 Å². The number of hydrogen-bond acceptors (Lipinski definition) is 3. The maximum absolute atomic E-state index is 13.9. The molecule has 0 spiro atoms. The van der Waals surface area contributed by atoms with Crippen molar-refractivity contribution in [3.05, 3.63) is 104 Å². The van der Waals surface area contributed by atoms with Crippen molar-refractivity contribution >= 4 is 46.9 Å². The highest BCUT2D eigenvalue weighted by molar-refractivity contribution is 7.76. The first-order valence-electron chi connectivity index (χ1n) is 13.4. The van der Waals surface area contributed by atoms with E-state index in [-0.39, 0.29) is 11.9 Å². The normalized spacial score (nSPS) is 16.8. The topological polar surface area (TPSA) is 43.4 Å². The van der Waals surface area contributed by atoms with Crippen LogP contribution in [-0.2, 0) is 14.3 Å². The molecule has 1 fully saturated rings. The summed E-state index contributed by atoms with van der Waals surface area (Å²) >= 11 is 0. The Labute approximate surface area is 234 Å². The molecule has 1 aliphatic rings. The van der Waals surface area contributed by atoms with E-state index in [4.69, 9.17) is 4.74 Å². The third-order valence-corrected chi connectivity index (χ3v) is 12.1. The molecule has 0 amide bonds. The van der Waals surface area contributed by atoms with Crippen LogP contribution in [0.15, 0.2) is 72.8 Å². The number of aldehydes is 1. The van der Waals surface area contributed by atoms with Gasteiger partial charge in [0.1, 0.15) is 18.3 Å². The van der Waals surface area contributed by atoms with Gasteiger partial charge in [-0.05, 0) is 49.4 Å². The highest BCUT2D eigenvalue weighted by Crippen LogP contribution is 2.56. The Bertz CT molecular complexity index is 1020. The SMILES string of the molecule is C=C(C[Si](C)(C)C)[C@H](OC(=O)[C]1[CH][CH][CH][C]1P(c1ccccc1)c1ccccc1)[C@@H](CC=O)C[Si](C)(C)C. The predicted molar refractivity (Wildman–Crippen MR) is 168 cm³/mol. The quantitative estimate of drug-likeness (QED) is 0.0854. The van der Waals surface area contributed by atoms with Crippen LogP contribution in [0.2, 0.25) is 51.4 Å². The fourth-order valence-electron chi connectivity index (χ4n) is 5.06. The number of esters is 1. The van der Waals surface area contributed by atoms with E-state index < -0.39 is 30.2 Å². The average Bonchev–Trinajstić information content (AvgIpc) is 3.31. The standard InChI is InChI=1S/C32H42O3PSi2/c1-25(23-37(2,3)4)31(26(21-22-33)24-38(5,6)7)35-32(34)29-19-14-20-30(29)36(27-15-10-8-11-16-27)28-17-12-9-13-18-28/h8-20,22,26,31H,1,21,23-24H2,2-7H3/t26-,31-/m0/s1. The summed E-state index contributed by atoms with van der Waals surface area (Å²) in [5.41, 5.74) is 1.94. The molecule has 0 aromatic heterocycles. The van der Waals surface area contributed by atoms with Crippen molar-refractivity contribution in [1.82, 2.24) is 0 Å². The number of carbonyl (C=O) groups is 2. The van der Waals surface area contributed by atoms with Crippen LogP contribution in [0, 0.1) is 36.8 Å².